The zero-order valence-corrected chi connectivity index (χ0v) is 16.1. The van der Waals surface area contributed by atoms with Crippen LogP contribution >= 0.6 is 11.8 Å². The SMILES string of the molecule is CC[C@@H](C)NC(=O)CSc1nc2ccccc2c(=O)n1C[C@H]1CCCO1. The van der Waals surface area contributed by atoms with Crippen molar-refractivity contribution in [2.75, 3.05) is 12.4 Å². The van der Waals surface area contributed by atoms with E-state index in [0.717, 1.165) is 25.9 Å². The second kappa shape index (κ2) is 8.68. The standard InChI is InChI=1S/C19H25N3O3S/c1-3-13(2)20-17(23)12-26-19-21-16-9-5-4-8-15(16)18(24)22(19)11-14-7-6-10-25-14/h4-5,8-9,13-14H,3,6-7,10-12H2,1-2H3,(H,20,23)/t13-,14-/m1/s1. The van der Waals surface area contributed by atoms with Crippen molar-refractivity contribution in [2.24, 2.45) is 0 Å². The molecule has 1 N–H and O–H groups in total. The fourth-order valence-corrected chi connectivity index (χ4v) is 3.78. The predicted molar refractivity (Wildman–Crippen MR) is 104 cm³/mol. The van der Waals surface area contributed by atoms with E-state index in [-0.39, 0.29) is 29.4 Å². The van der Waals surface area contributed by atoms with Gasteiger partial charge in [-0.25, -0.2) is 4.98 Å². The summed E-state index contributed by atoms with van der Waals surface area (Å²) in [7, 11) is 0. The number of para-hydroxylation sites is 1. The first kappa shape index (κ1) is 18.9. The van der Waals surface area contributed by atoms with Crippen LogP contribution in [0, 0.1) is 0 Å². The Morgan fingerprint density at radius 2 is 2.27 bits per heavy atom. The van der Waals surface area contributed by atoms with E-state index >= 15 is 0 Å². The molecule has 140 valence electrons. The summed E-state index contributed by atoms with van der Waals surface area (Å²) in [6.45, 7) is 5.22. The molecular formula is C19H25N3O3S. The number of hydrogen-bond acceptors (Lipinski definition) is 5. The Morgan fingerprint density at radius 3 is 3.00 bits per heavy atom. The molecule has 26 heavy (non-hydrogen) atoms. The van der Waals surface area contributed by atoms with Gasteiger partial charge in [-0.1, -0.05) is 30.8 Å². The van der Waals surface area contributed by atoms with Crippen LogP contribution in [-0.4, -0.2) is 40.0 Å². The summed E-state index contributed by atoms with van der Waals surface area (Å²) < 4.78 is 7.36. The van der Waals surface area contributed by atoms with E-state index < -0.39 is 0 Å². The second-order valence-corrected chi connectivity index (χ2v) is 7.57. The quantitative estimate of drug-likeness (QED) is 0.595. The van der Waals surface area contributed by atoms with Crippen molar-refractivity contribution in [3.8, 4) is 0 Å². The average molecular weight is 375 g/mol. The van der Waals surface area contributed by atoms with Crippen LogP contribution in [0.25, 0.3) is 10.9 Å². The van der Waals surface area contributed by atoms with Crippen molar-refractivity contribution in [3.05, 3.63) is 34.6 Å². The Labute approximate surface area is 157 Å². The molecule has 1 aliphatic heterocycles. The molecule has 1 aromatic carbocycles. The molecule has 0 unspecified atom stereocenters. The molecule has 1 aliphatic rings. The molecule has 1 aromatic heterocycles. The summed E-state index contributed by atoms with van der Waals surface area (Å²) in [6, 6.07) is 7.47. The zero-order chi connectivity index (χ0) is 18.5. The highest BCUT2D eigenvalue weighted by Crippen LogP contribution is 2.21. The summed E-state index contributed by atoms with van der Waals surface area (Å²) in [5.41, 5.74) is 0.585. The number of carbonyl (C=O) groups is 1. The van der Waals surface area contributed by atoms with Gasteiger partial charge in [0.1, 0.15) is 0 Å². The van der Waals surface area contributed by atoms with Gasteiger partial charge in [0.25, 0.3) is 5.56 Å². The van der Waals surface area contributed by atoms with Gasteiger partial charge in [0.05, 0.1) is 29.3 Å². The van der Waals surface area contributed by atoms with Crippen LogP contribution < -0.4 is 10.9 Å². The minimum atomic E-state index is -0.0732. The molecule has 1 amide bonds. The van der Waals surface area contributed by atoms with E-state index in [1.807, 2.05) is 32.0 Å². The average Bonchev–Trinajstić information content (AvgIpc) is 3.15. The summed E-state index contributed by atoms with van der Waals surface area (Å²) in [6.07, 6.45) is 2.87. The molecule has 0 bridgehead atoms. The lowest BCUT2D eigenvalue weighted by molar-refractivity contribution is -0.119. The van der Waals surface area contributed by atoms with Crippen LogP contribution in [0.1, 0.15) is 33.1 Å². The fourth-order valence-electron chi connectivity index (χ4n) is 2.96. The highest BCUT2D eigenvalue weighted by Gasteiger charge is 2.20. The Kier molecular flexibility index (Phi) is 6.32. The van der Waals surface area contributed by atoms with Gasteiger partial charge in [0.2, 0.25) is 5.91 Å². The summed E-state index contributed by atoms with van der Waals surface area (Å²) >= 11 is 1.30. The van der Waals surface area contributed by atoms with E-state index in [4.69, 9.17) is 4.74 Å². The number of benzene rings is 1. The van der Waals surface area contributed by atoms with Crippen LogP contribution in [-0.2, 0) is 16.1 Å². The van der Waals surface area contributed by atoms with Gasteiger partial charge < -0.3 is 10.1 Å². The lowest BCUT2D eigenvalue weighted by Crippen LogP contribution is -2.34. The second-order valence-electron chi connectivity index (χ2n) is 6.63. The molecule has 2 heterocycles. The largest absolute Gasteiger partial charge is 0.376 e. The molecule has 3 rings (SSSR count). The monoisotopic (exact) mass is 375 g/mol. The van der Waals surface area contributed by atoms with Crippen LogP contribution in [0.3, 0.4) is 0 Å². The summed E-state index contributed by atoms with van der Waals surface area (Å²) in [5.74, 6) is 0.191. The Hall–Kier alpha value is -1.86. The third kappa shape index (κ3) is 4.45. The lowest BCUT2D eigenvalue weighted by Gasteiger charge is -2.17. The number of aromatic nitrogens is 2. The van der Waals surface area contributed by atoms with Crippen molar-refractivity contribution >= 4 is 28.6 Å². The molecule has 2 aromatic rings. The van der Waals surface area contributed by atoms with Crippen LogP contribution in [0.4, 0.5) is 0 Å². The highest BCUT2D eigenvalue weighted by atomic mass is 32.2. The van der Waals surface area contributed by atoms with E-state index in [2.05, 4.69) is 10.3 Å². The maximum atomic E-state index is 13.0. The van der Waals surface area contributed by atoms with Crippen LogP contribution in [0.15, 0.2) is 34.2 Å². The van der Waals surface area contributed by atoms with E-state index in [1.54, 1.807) is 10.6 Å². The zero-order valence-electron chi connectivity index (χ0n) is 15.2. The van der Waals surface area contributed by atoms with E-state index in [1.165, 1.54) is 11.8 Å². The van der Waals surface area contributed by atoms with Crippen molar-refractivity contribution in [2.45, 2.75) is 57.0 Å². The first-order valence-corrected chi connectivity index (χ1v) is 10.1. The normalized spacial score (nSPS) is 18.2. The number of nitrogens with one attached hydrogen (secondary N) is 1. The number of carbonyl (C=O) groups excluding carboxylic acids is 1. The molecule has 0 radical (unpaired) electrons. The van der Waals surface area contributed by atoms with Gasteiger partial charge in [-0.3, -0.25) is 14.2 Å². The van der Waals surface area contributed by atoms with Gasteiger partial charge in [0, 0.05) is 12.6 Å². The van der Waals surface area contributed by atoms with Gasteiger partial charge in [0.15, 0.2) is 5.16 Å². The Balaban J connectivity index is 1.86. The van der Waals surface area contributed by atoms with Crippen LogP contribution in [0.2, 0.25) is 0 Å². The smallest absolute Gasteiger partial charge is 0.262 e. The number of fused-ring (bicyclic) bond motifs is 1. The molecule has 1 saturated heterocycles. The van der Waals surface area contributed by atoms with Crippen molar-refractivity contribution in [3.63, 3.8) is 0 Å². The van der Waals surface area contributed by atoms with Crippen LogP contribution in [0.5, 0.6) is 0 Å². The molecule has 2 atom stereocenters. The number of thioether (sulfide) groups is 1. The minimum Gasteiger partial charge on any atom is -0.376 e. The molecular weight excluding hydrogens is 350 g/mol. The molecule has 0 spiro atoms. The lowest BCUT2D eigenvalue weighted by atomic mass is 10.2. The van der Waals surface area contributed by atoms with Gasteiger partial charge >= 0.3 is 0 Å². The third-order valence-electron chi connectivity index (χ3n) is 4.59. The number of hydrogen-bond donors (Lipinski definition) is 1. The van der Waals surface area contributed by atoms with Gasteiger partial charge in [-0.2, -0.15) is 0 Å². The maximum Gasteiger partial charge on any atom is 0.262 e. The highest BCUT2D eigenvalue weighted by molar-refractivity contribution is 7.99. The number of nitrogens with zero attached hydrogens (tertiary/aromatic N) is 2. The predicted octanol–water partition coefficient (Wildman–Crippen LogP) is 2.58. The first-order valence-electron chi connectivity index (χ1n) is 9.11. The van der Waals surface area contributed by atoms with Gasteiger partial charge in [-0.15, -0.1) is 0 Å². The number of rotatable bonds is 7. The summed E-state index contributed by atoms with van der Waals surface area (Å²) in [5, 5.41) is 4.11. The number of amides is 1. The first-order chi connectivity index (χ1) is 12.6. The molecule has 0 aliphatic carbocycles. The third-order valence-corrected chi connectivity index (χ3v) is 5.57. The maximum absolute atomic E-state index is 13.0. The number of ether oxygens (including phenoxy) is 1. The van der Waals surface area contributed by atoms with Crippen molar-refractivity contribution < 1.29 is 9.53 Å². The Bertz CT molecular complexity index is 830. The van der Waals surface area contributed by atoms with E-state index in [9.17, 15) is 9.59 Å². The van der Waals surface area contributed by atoms with Crippen molar-refractivity contribution in [1.29, 1.82) is 0 Å². The molecule has 0 saturated carbocycles. The molecule has 6 nitrogen and oxygen atoms in total. The van der Waals surface area contributed by atoms with E-state index in [0.29, 0.717) is 22.6 Å². The van der Waals surface area contributed by atoms with Gasteiger partial charge in [-0.05, 0) is 38.3 Å². The van der Waals surface area contributed by atoms with Crippen molar-refractivity contribution in [1.82, 2.24) is 14.9 Å². The molecule has 7 heteroatoms. The Morgan fingerprint density at radius 1 is 1.46 bits per heavy atom. The minimum absolute atomic E-state index is 0.0314. The topological polar surface area (TPSA) is 73.2 Å². The summed E-state index contributed by atoms with van der Waals surface area (Å²) in [4.78, 5) is 29.7. The molecule has 1 fully saturated rings. The fraction of sp³-hybridized carbons (Fsp3) is 0.526.